The molecule has 9 heteroatoms. The van der Waals surface area contributed by atoms with Gasteiger partial charge in [-0.2, -0.15) is 0 Å². The van der Waals surface area contributed by atoms with Crippen molar-refractivity contribution in [2.24, 2.45) is 0 Å². The first-order chi connectivity index (χ1) is 14.0. The monoisotopic (exact) mass is 399 g/mol. The van der Waals surface area contributed by atoms with Gasteiger partial charge >= 0.3 is 0 Å². The van der Waals surface area contributed by atoms with E-state index in [-0.39, 0.29) is 23.4 Å². The number of fused-ring (bicyclic) bond motifs is 1. The molecule has 0 aliphatic rings. The maximum Gasteiger partial charge on any atom is 0.258 e. The molecule has 148 valence electrons. The molecule has 1 N–H and O–H groups in total. The van der Waals surface area contributed by atoms with Crippen LogP contribution in [0.1, 0.15) is 11.6 Å². The van der Waals surface area contributed by atoms with Crippen LogP contribution in [0.2, 0.25) is 0 Å². The highest BCUT2D eigenvalue weighted by Crippen LogP contribution is 2.30. The zero-order chi connectivity index (χ0) is 20.5. The molecule has 4 aromatic rings. The van der Waals surface area contributed by atoms with E-state index in [0.717, 1.165) is 18.2 Å². The molecule has 0 aliphatic carbocycles. The van der Waals surface area contributed by atoms with Crippen LogP contribution in [0, 0.1) is 11.6 Å². The average molecular weight is 399 g/mol. The van der Waals surface area contributed by atoms with E-state index < -0.39 is 11.6 Å². The molecule has 2 aromatic heterocycles. The molecule has 0 spiro atoms. The smallest absolute Gasteiger partial charge is 0.258 e. The fraction of sp³-hybridized carbons (Fsp3) is 0.150. The van der Waals surface area contributed by atoms with Crippen LogP contribution < -0.4 is 15.0 Å². The van der Waals surface area contributed by atoms with Crippen LogP contribution in [0.5, 0.6) is 11.5 Å². The second-order valence-corrected chi connectivity index (χ2v) is 6.20. The van der Waals surface area contributed by atoms with E-state index in [2.05, 4.69) is 15.0 Å². The first-order valence-electron chi connectivity index (χ1n) is 8.53. The highest BCUT2D eigenvalue weighted by Gasteiger charge is 2.14. The van der Waals surface area contributed by atoms with Crippen molar-refractivity contribution >= 4 is 10.9 Å². The highest BCUT2D eigenvalue weighted by molar-refractivity contribution is 5.81. The largest absolute Gasteiger partial charge is 0.493 e. The van der Waals surface area contributed by atoms with Gasteiger partial charge in [0.05, 0.1) is 37.7 Å². The minimum Gasteiger partial charge on any atom is -0.493 e. The van der Waals surface area contributed by atoms with Crippen LogP contribution in [0.4, 0.5) is 8.78 Å². The number of benzene rings is 2. The van der Waals surface area contributed by atoms with E-state index >= 15 is 0 Å². The Hall–Kier alpha value is -3.75. The highest BCUT2D eigenvalue weighted by atomic mass is 19.1. The number of halogens is 2. The summed E-state index contributed by atoms with van der Waals surface area (Å²) in [6.45, 7) is 0. The molecule has 0 amide bonds. The molecule has 0 aliphatic heterocycles. The number of hydrogen-bond donors (Lipinski definition) is 1. The summed E-state index contributed by atoms with van der Waals surface area (Å²) in [5.74, 6) is 0.166. The van der Waals surface area contributed by atoms with Gasteiger partial charge in [-0.05, 0) is 18.2 Å². The number of oxazole rings is 1. The minimum atomic E-state index is -0.732. The van der Waals surface area contributed by atoms with Crippen molar-refractivity contribution in [1.82, 2.24) is 15.0 Å². The van der Waals surface area contributed by atoms with Crippen molar-refractivity contribution in [2.45, 2.75) is 6.42 Å². The number of methoxy groups -OCH3 is 2. The maximum atomic E-state index is 13.4. The molecule has 4 rings (SSSR count). The summed E-state index contributed by atoms with van der Waals surface area (Å²) >= 11 is 0. The summed E-state index contributed by atoms with van der Waals surface area (Å²) < 4.78 is 42.8. The number of rotatable bonds is 5. The topological polar surface area (TPSA) is 90.2 Å². The predicted molar refractivity (Wildman–Crippen MR) is 100 cm³/mol. The number of nitrogens with zero attached hydrogens (tertiary/aromatic N) is 2. The lowest BCUT2D eigenvalue weighted by Gasteiger charge is -2.09. The van der Waals surface area contributed by atoms with Gasteiger partial charge in [-0.3, -0.25) is 4.79 Å². The van der Waals surface area contributed by atoms with E-state index in [1.165, 1.54) is 20.4 Å². The molecule has 2 aromatic carbocycles. The Morgan fingerprint density at radius 2 is 1.72 bits per heavy atom. The Balaban J connectivity index is 1.68. The first-order valence-corrected chi connectivity index (χ1v) is 8.53. The van der Waals surface area contributed by atoms with Gasteiger partial charge < -0.3 is 18.9 Å². The summed E-state index contributed by atoms with van der Waals surface area (Å²) in [6, 6.07) is 6.16. The fourth-order valence-electron chi connectivity index (χ4n) is 2.96. The van der Waals surface area contributed by atoms with Crippen molar-refractivity contribution in [2.75, 3.05) is 14.2 Å². The molecule has 7 nitrogen and oxygen atoms in total. The Bertz CT molecular complexity index is 1250. The molecular formula is C20H15F2N3O4. The third-order valence-corrected chi connectivity index (χ3v) is 4.26. The van der Waals surface area contributed by atoms with E-state index in [4.69, 9.17) is 13.9 Å². The van der Waals surface area contributed by atoms with E-state index in [9.17, 15) is 13.6 Å². The number of nitrogens with one attached hydrogen (secondary N) is 1. The quantitative estimate of drug-likeness (QED) is 0.553. The van der Waals surface area contributed by atoms with Gasteiger partial charge in [0.1, 0.15) is 23.2 Å². The molecule has 0 bridgehead atoms. The van der Waals surface area contributed by atoms with Gasteiger partial charge in [0.2, 0.25) is 5.89 Å². The summed E-state index contributed by atoms with van der Waals surface area (Å²) in [7, 11) is 2.97. The number of aromatic amines is 1. The van der Waals surface area contributed by atoms with Crippen molar-refractivity contribution in [3.05, 3.63) is 70.1 Å². The molecule has 0 unspecified atom stereocenters. The van der Waals surface area contributed by atoms with Gasteiger partial charge in [0, 0.05) is 17.7 Å². The second kappa shape index (κ2) is 7.34. The van der Waals surface area contributed by atoms with Crippen LogP contribution in [0.3, 0.4) is 0 Å². The summed E-state index contributed by atoms with van der Waals surface area (Å²) in [4.78, 5) is 23.6. The lowest BCUT2D eigenvalue weighted by molar-refractivity contribution is 0.355. The minimum absolute atomic E-state index is 0.0629. The maximum absolute atomic E-state index is 13.4. The Kier molecular flexibility index (Phi) is 4.71. The van der Waals surface area contributed by atoms with Crippen molar-refractivity contribution < 1.29 is 22.7 Å². The van der Waals surface area contributed by atoms with E-state index in [1.54, 1.807) is 12.1 Å². The van der Waals surface area contributed by atoms with Crippen molar-refractivity contribution in [1.29, 1.82) is 0 Å². The Morgan fingerprint density at radius 3 is 2.41 bits per heavy atom. The molecule has 0 saturated heterocycles. The molecule has 29 heavy (non-hydrogen) atoms. The first kappa shape index (κ1) is 18.6. The fourth-order valence-corrected chi connectivity index (χ4v) is 2.96. The second-order valence-electron chi connectivity index (χ2n) is 6.20. The third kappa shape index (κ3) is 3.66. The van der Waals surface area contributed by atoms with Gasteiger partial charge in [-0.15, -0.1) is 0 Å². The van der Waals surface area contributed by atoms with Crippen molar-refractivity contribution in [3.63, 3.8) is 0 Å². The SMILES string of the molecule is COc1cc2nc(Cc3cnc(-c4cc(F)cc(F)c4)o3)[nH]c(=O)c2cc1OC. The molecule has 2 heterocycles. The molecule has 0 atom stereocenters. The number of H-pyrrole nitrogens is 1. The summed E-state index contributed by atoms with van der Waals surface area (Å²) in [5.41, 5.74) is 0.247. The zero-order valence-corrected chi connectivity index (χ0v) is 15.5. The van der Waals surface area contributed by atoms with Crippen LogP contribution in [0.25, 0.3) is 22.4 Å². The summed E-state index contributed by atoms with van der Waals surface area (Å²) in [6.07, 6.45) is 1.54. The lowest BCUT2D eigenvalue weighted by Crippen LogP contribution is -2.12. The van der Waals surface area contributed by atoms with Crippen LogP contribution in [0.15, 0.2) is 45.7 Å². The molecule has 0 fully saturated rings. The van der Waals surface area contributed by atoms with E-state index in [0.29, 0.717) is 34.0 Å². The number of hydrogen-bond acceptors (Lipinski definition) is 6. The molecule has 0 saturated carbocycles. The molecule has 0 radical (unpaired) electrons. The zero-order valence-electron chi connectivity index (χ0n) is 15.5. The lowest BCUT2D eigenvalue weighted by atomic mass is 10.2. The number of ether oxygens (including phenoxy) is 2. The van der Waals surface area contributed by atoms with Gasteiger partial charge in [-0.1, -0.05) is 0 Å². The van der Waals surface area contributed by atoms with Gasteiger partial charge in [-0.25, -0.2) is 18.7 Å². The average Bonchev–Trinajstić information content (AvgIpc) is 3.15. The normalized spacial score (nSPS) is 11.0. The van der Waals surface area contributed by atoms with Crippen LogP contribution >= 0.6 is 0 Å². The van der Waals surface area contributed by atoms with Crippen molar-refractivity contribution in [3.8, 4) is 23.0 Å². The Morgan fingerprint density at radius 1 is 1.03 bits per heavy atom. The Labute approximate surface area is 162 Å². The van der Waals surface area contributed by atoms with Crippen LogP contribution in [-0.2, 0) is 6.42 Å². The van der Waals surface area contributed by atoms with Gasteiger partial charge in [0.25, 0.3) is 5.56 Å². The number of aromatic nitrogens is 3. The molecular weight excluding hydrogens is 384 g/mol. The predicted octanol–water partition coefficient (Wildman–Crippen LogP) is 3.46. The standard InChI is InChI=1S/C20H15F2N3O4/c1-27-16-7-14-15(8-17(16)28-2)24-18(25-19(14)26)6-13-9-23-20(29-13)10-3-11(21)5-12(22)4-10/h3-5,7-9H,6H2,1-2H3,(H,24,25,26). The third-order valence-electron chi connectivity index (χ3n) is 4.26. The van der Waals surface area contributed by atoms with Crippen LogP contribution in [-0.4, -0.2) is 29.2 Å². The summed E-state index contributed by atoms with van der Waals surface area (Å²) in [5, 5.41) is 0.347. The van der Waals surface area contributed by atoms with E-state index in [1.807, 2.05) is 0 Å². The van der Waals surface area contributed by atoms with Gasteiger partial charge in [0.15, 0.2) is 11.5 Å².